The van der Waals surface area contributed by atoms with E-state index < -0.39 is 5.91 Å². The van der Waals surface area contributed by atoms with Crippen LogP contribution < -0.4 is 15.8 Å². The molecular weight excluding hydrogens is 366 g/mol. The molecule has 0 aliphatic heterocycles. The van der Waals surface area contributed by atoms with Crippen LogP contribution in [-0.2, 0) is 11.3 Å². The van der Waals surface area contributed by atoms with Crippen LogP contribution in [0.3, 0.4) is 0 Å². The summed E-state index contributed by atoms with van der Waals surface area (Å²) in [7, 11) is 1.59. The Morgan fingerprint density at radius 3 is 2.31 bits per heavy atom. The van der Waals surface area contributed by atoms with Gasteiger partial charge in [0.05, 0.1) is 7.11 Å². The second-order valence-corrected chi connectivity index (χ2v) is 6.32. The molecule has 6 nitrogen and oxygen atoms in total. The summed E-state index contributed by atoms with van der Waals surface area (Å²) in [5.41, 5.74) is 8.63. The van der Waals surface area contributed by atoms with Crippen LogP contribution in [0.15, 0.2) is 73.1 Å². The van der Waals surface area contributed by atoms with Gasteiger partial charge in [0.25, 0.3) is 5.91 Å². The van der Waals surface area contributed by atoms with Crippen LogP contribution in [0.25, 0.3) is 11.6 Å². The summed E-state index contributed by atoms with van der Waals surface area (Å²) in [6.07, 6.45) is 5.17. The Bertz CT molecular complexity index is 1010. The van der Waals surface area contributed by atoms with Crippen molar-refractivity contribution in [3.05, 3.63) is 95.3 Å². The molecule has 0 radical (unpaired) electrons. The highest BCUT2D eigenvalue weighted by molar-refractivity contribution is 6.24. The van der Waals surface area contributed by atoms with Gasteiger partial charge in [-0.25, -0.2) is 0 Å². The van der Waals surface area contributed by atoms with E-state index in [0.717, 1.165) is 16.7 Å². The van der Waals surface area contributed by atoms with Gasteiger partial charge in [-0.05, 0) is 53.1 Å². The SMILES string of the molecule is COc1ccc(/C(=C\c2cccnc2)C(=O)NCc2ccc(C(N)=O)cc2)cc1. The third kappa shape index (κ3) is 5.29. The molecule has 2 aromatic carbocycles. The Labute approximate surface area is 169 Å². The van der Waals surface area contributed by atoms with Crippen molar-refractivity contribution < 1.29 is 14.3 Å². The summed E-state index contributed by atoms with van der Waals surface area (Å²) in [5, 5.41) is 2.92. The molecule has 29 heavy (non-hydrogen) atoms. The predicted octanol–water partition coefficient (Wildman–Crippen LogP) is 3.05. The molecule has 3 aromatic rings. The van der Waals surface area contributed by atoms with Gasteiger partial charge in [-0.1, -0.05) is 30.3 Å². The Hall–Kier alpha value is -3.93. The van der Waals surface area contributed by atoms with Crippen molar-refractivity contribution >= 4 is 23.5 Å². The van der Waals surface area contributed by atoms with E-state index in [1.807, 2.05) is 36.4 Å². The van der Waals surface area contributed by atoms with Crippen LogP contribution in [0, 0.1) is 0 Å². The lowest BCUT2D eigenvalue weighted by atomic mass is 10.0. The van der Waals surface area contributed by atoms with E-state index in [2.05, 4.69) is 10.3 Å². The first-order chi connectivity index (χ1) is 14.1. The standard InChI is InChI=1S/C23H21N3O3/c1-29-20-10-8-18(9-11-20)21(13-17-3-2-12-25-14-17)23(28)26-15-16-4-6-19(7-5-16)22(24)27/h2-14H,15H2,1H3,(H2,24,27)(H,26,28)/b21-13+. The van der Waals surface area contributed by atoms with E-state index in [9.17, 15) is 9.59 Å². The number of methoxy groups -OCH3 is 1. The van der Waals surface area contributed by atoms with Gasteiger partial charge in [0.1, 0.15) is 5.75 Å². The van der Waals surface area contributed by atoms with Gasteiger partial charge in [0.15, 0.2) is 0 Å². The minimum Gasteiger partial charge on any atom is -0.497 e. The topological polar surface area (TPSA) is 94.3 Å². The molecule has 0 spiro atoms. The van der Waals surface area contributed by atoms with Gasteiger partial charge in [-0.3, -0.25) is 14.6 Å². The van der Waals surface area contributed by atoms with Gasteiger partial charge in [0, 0.05) is 30.1 Å². The molecular formula is C23H21N3O3. The number of carbonyl (C=O) groups is 2. The maximum atomic E-state index is 12.9. The first-order valence-corrected chi connectivity index (χ1v) is 9.00. The normalized spacial score (nSPS) is 11.0. The fourth-order valence-electron chi connectivity index (χ4n) is 2.74. The van der Waals surface area contributed by atoms with Crippen molar-refractivity contribution in [3.8, 4) is 5.75 Å². The number of nitrogens with zero attached hydrogens (tertiary/aromatic N) is 1. The number of pyridine rings is 1. The van der Waals surface area contributed by atoms with Crippen LogP contribution in [0.5, 0.6) is 5.75 Å². The zero-order valence-electron chi connectivity index (χ0n) is 16.0. The van der Waals surface area contributed by atoms with E-state index in [1.165, 1.54) is 0 Å². The molecule has 0 saturated heterocycles. The lowest BCUT2D eigenvalue weighted by Gasteiger charge is -2.11. The number of ether oxygens (including phenoxy) is 1. The van der Waals surface area contributed by atoms with Gasteiger partial charge < -0.3 is 15.8 Å². The summed E-state index contributed by atoms with van der Waals surface area (Å²) < 4.78 is 5.20. The molecule has 1 aromatic heterocycles. The van der Waals surface area contributed by atoms with Gasteiger partial charge in [0.2, 0.25) is 5.91 Å². The molecule has 3 N–H and O–H groups in total. The number of primary amides is 1. The maximum Gasteiger partial charge on any atom is 0.252 e. The molecule has 0 fully saturated rings. The van der Waals surface area contributed by atoms with E-state index in [4.69, 9.17) is 10.5 Å². The van der Waals surface area contributed by atoms with E-state index in [0.29, 0.717) is 23.4 Å². The number of benzene rings is 2. The summed E-state index contributed by atoms with van der Waals surface area (Å²) in [6.45, 7) is 0.318. The highest BCUT2D eigenvalue weighted by atomic mass is 16.5. The Kier molecular flexibility index (Phi) is 6.37. The quantitative estimate of drug-likeness (QED) is 0.609. The molecule has 0 aliphatic rings. The van der Waals surface area contributed by atoms with Crippen LogP contribution in [0.2, 0.25) is 0 Å². The highest BCUT2D eigenvalue weighted by Crippen LogP contribution is 2.21. The van der Waals surface area contributed by atoms with Crippen LogP contribution >= 0.6 is 0 Å². The summed E-state index contributed by atoms with van der Waals surface area (Å²) in [6, 6.07) is 17.8. The van der Waals surface area contributed by atoms with Crippen LogP contribution in [0.4, 0.5) is 0 Å². The molecule has 3 rings (SSSR count). The second kappa shape index (κ2) is 9.32. The smallest absolute Gasteiger partial charge is 0.252 e. The van der Waals surface area contributed by atoms with E-state index in [1.54, 1.807) is 49.8 Å². The summed E-state index contributed by atoms with van der Waals surface area (Å²) >= 11 is 0. The zero-order chi connectivity index (χ0) is 20.6. The number of carbonyl (C=O) groups excluding carboxylic acids is 2. The van der Waals surface area contributed by atoms with Crippen LogP contribution in [-0.4, -0.2) is 23.9 Å². The zero-order valence-corrected chi connectivity index (χ0v) is 16.0. The fourth-order valence-corrected chi connectivity index (χ4v) is 2.74. The second-order valence-electron chi connectivity index (χ2n) is 6.32. The van der Waals surface area contributed by atoms with Crippen molar-refractivity contribution in [1.82, 2.24) is 10.3 Å². The molecule has 6 heteroatoms. The minimum absolute atomic E-state index is 0.224. The molecule has 0 unspecified atom stereocenters. The first kappa shape index (κ1) is 19.8. The molecule has 146 valence electrons. The lowest BCUT2D eigenvalue weighted by molar-refractivity contribution is -0.115. The number of rotatable bonds is 7. The summed E-state index contributed by atoms with van der Waals surface area (Å²) in [5.74, 6) is 0.00389. The molecule has 2 amide bonds. The third-order valence-corrected chi connectivity index (χ3v) is 4.33. The van der Waals surface area contributed by atoms with Gasteiger partial charge >= 0.3 is 0 Å². The average molecular weight is 387 g/mol. The monoisotopic (exact) mass is 387 g/mol. The van der Waals surface area contributed by atoms with Crippen molar-refractivity contribution in [2.75, 3.05) is 7.11 Å². The fraction of sp³-hybridized carbons (Fsp3) is 0.0870. The number of nitrogens with one attached hydrogen (secondary N) is 1. The number of amides is 2. The largest absolute Gasteiger partial charge is 0.497 e. The Morgan fingerprint density at radius 2 is 1.72 bits per heavy atom. The molecule has 0 atom stereocenters. The number of hydrogen-bond donors (Lipinski definition) is 2. The number of nitrogens with two attached hydrogens (primary N) is 1. The molecule has 1 heterocycles. The predicted molar refractivity (Wildman–Crippen MR) is 112 cm³/mol. The third-order valence-electron chi connectivity index (χ3n) is 4.33. The number of aromatic nitrogens is 1. The molecule has 0 aliphatic carbocycles. The Morgan fingerprint density at radius 1 is 1.03 bits per heavy atom. The average Bonchev–Trinajstić information content (AvgIpc) is 2.77. The van der Waals surface area contributed by atoms with Gasteiger partial charge in [-0.15, -0.1) is 0 Å². The molecule has 0 bridgehead atoms. The minimum atomic E-state index is -0.484. The highest BCUT2D eigenvalue weighted by Gasteiger charge is 2.13. The van der Waals surface area contributed by atoms with Crippen LogP contribution in [0.1, 0.15) is 27.0 Å². The first-order valence-electron chi connectivity index (χ1n) is 9.00. The van der Waals surface area contributed by atoms with Crippen molar-refractivity contribution in [1.29, 1.82) is 0 Å². The van der Waals surface area contributed by atoms with Crippen molar-refractivity contribution in [2.24, 2.45) is 5.73 Å². The molecule has 0 saturated carbocycles. The van der Waals surface area contributed by atoms with Crippen molar-refractivity contribution in [2.45, 2.75) is 6.54 Å². The maximum absolute atomic E-state index is 12.9. The van der Waals surface area contributed by atoms with Gasteiger partial charge in [-0.2, -0.15) is 0 Å². The van der Waals surface area contributed by atoms with Crippen molar-refractivity contribution in [3.63, 3.8) is 0 Å². The summed E-state index contributed by atoms with van der Waals surface area (Å²) in [4.78, 5) is 28.2. The number of hydrogen-bond acceptors (Lipinski definition) is 4. The Balaban J connectivity index is 1.82. The van der Waals surface area contributed by atoms with E-state index in [-0.39, 0.29) is 5.91 Å². The lowest BCUT2D eigenvalue weighted by Crippen LogP contribution is -2.24. The van der Waals surface area contributed by atoms with E-state index >= 15 is 0 Å².